The monoisotopic (exact) mass is 377 g/mol. The average Bonchev–Trinajstić information content (AvgIpc) is 3.09. The average molecular weight is 377 g/mol. The molecule has 1 aliphatic rings. The van der Waals surface area contributed by atoms with Crippen molar-refractivity contribution in [3.63, 3.8) is 0 Å². The van der Waals surface area contributed by atoms with Gasteiger partial charge in [-0.15, -0.1) is 0 Å². The molecule has 1 aliphatic heterocycles. The van der Waals surface area contributed by atoms with Crippen LogP contribution in [0.15, 0.2) is 42.5 Å². The van der Waals surface area contributed by atoms with Gasteiger partial charge in [-0.2, -0.15) is 0 Å². The van der Waals surface area contributed by atoms with E-state index < -0.39 is 11.9 Å². The van der Waals surface area contributed by atoms with Crippen LogP contribution in [0, 0.1) is 0 Å². The zero-order valence-electron chi connectivity index (χ0n) is 15.3. The zero-order valence-corrected chi connectivity index (χ0v) is 15.3. The quantitative estimate of drug-likeness (QED) is 0.683. The van der Waals surface area contributed by atoms with Crippen molar-refractivity contribution >= 4 is 28.7 Å². The number of rotatable bonds is 3. The number of nitrogens with zero attached hydrogens (tertiary/aromatic N) is 1. The van der Waals surface area contributed by atoms with E-state index in [1.54, 1.807) is 35.2 Å². The van der Waals surface area contributed by atoms with Crippen molar-refractivity contribution < 1.29 is 19.1 Å². The summed E-state index contributed by atoms with van der Waals surface area (Å²) < 4.78 is 4.80. The molecule has 0 spiro atoms. The molecular weight excluding hydrogens is 358 g/mol. The van der Waals surface area contributed by atoms with Gasteiger partial charge in [-0.25, -0.2) is 4.79 Å². The normalized spacial score (nSPS) is 13.2. The molecule has 2 amide bonds. The maximum atomic E-state index is 13.0. The Bertz CT molecular complexity index is 1120. The number of H-pyrrole nitrogens is 1. The Hall–Kier alpha value is -3.61. The lowest BCUT2D eigenvalue weighted by Crippen LogP contribution is -2.35. The van der Waals surface area contributed by atoms with E-state index in [1.165, 1.54) is 13.2 Å². The van der Waals surface area contributed by atoms with Gasteiger partial charge in [-0.05, 0) is 36.4 Å². The standard InChI is InChI=1S/C21H19N3O4/c1-28-21(27)14-5-6-17-15(10-14)16-11-24(8-7-18(16)23-17)20(26)13-4-2-3-12(9-13)19(22)25/h2-6,9-10,23H,7-8,11H2,1H3,(H2,22,25). The lowest BCUT2D eigenvalue weighted by atomic mass is 10.0. The van der Waals surface area contributed by atoms with Crippen LogP contribution in [-0.2, 0) is 17.7 Å². The van der Waals surface area contributed by atoms with Crippen molar-refractivity contribution in [2.75, 3.05) is 13.7 Å². The molecule has 0 saturated heterocycles. The second-order valence-electron chi connectivity index (χ2n) is 6.76. The zero-order chi connectivity index (χ0) is 19.8. The van der Waals surface area contributed by atoms with Crippen molar-refractivity contribution in [3.05, 3.63) is 70.4 Å². The summed E-state index contributed by atoms with van der Waals surface area (Å²) in [5, 5.41) is 0.904. The Balaban J connectivity index is 1.67. The van der Waals surface area contributed by atoms with E-state index >= 15 is 0 Å². The summed E-state index contributed by atoms with van der Waals surface area (Å²) in [5.41, 5.74) is 9.49. The van der Waals surface area contributed by atoms with Crippen LogP contribution in [0.4, 0.5) is 0 Å². The first-order valence-electron chi connectivity index (χ1n) is 8.89. The van der Waals surface area contributed by atoms with Crippen molar-refractivity contribution in [1.82, 2.24) is 9.88 Å². The highest BCUT2D eigenvalue weighted by Crippen LogP contribution is 2.29. The predicted octanol–water partition coefficient (Wildman–Crippen LogP) is 2.25. The van der Waals surface area contributed by atoms with Crippen molar-refractivity contribution in [1.29, 1.82) is 0 Å². The molecule has 2 heterocycles. The SMILES string of the molecule is COC(=O)c1ccc2[nH]c3c(c2c1)CN(C(=O)c1cccc(C(N)=O)c1)CC3. The maximum absolute atomic E-state index is 13.0. The summed E-state index contributed by atoms with van der Waals surface area (Å²) in [6.07, 6.45) is 0.679. The molecule has 0 bridgehead atoms. The van der Waals surface area contributed by atoms with E-state index in [9.17, 15) is 14.4 Å². The third-order valence-corrected chi connectivity index (χ3v) is 5.08. The largest absolute Gasteiger partial charge is 0.465 e. The number of aromatic amines is 1. The number of esters is 1. The van der Waals surface area contributed by atoms with Crippen molar-refractivity contribution in [2.45, 2.75) is 13.0 Å². The highest BCUT2D eigenvalue weighted by Gasteiger charge is 2.25. The summed E-state index contributed by atoms with van der Waals surface area (Å²) in [4.78, 5) is 41.3. The summed E-state index contributed by atoms with van der Waals surface area (Å²) in [6.45, 7) is 0.975. The van der Waals surface area contributed by atoms with Gasteiger partial charge in [-0.3, -0.25) is 9.59 Å². The molecule has 7 heteroatoms. The summed E-state index contributed by atoms with van der Waals surface area (Å²) in [5.74, 6) is -1.13. The third kappa shape index (κ3) is 3.00. The number of benzene rings is 2. The van der Waals surface area contributed by atoms with Crippen LogP contribution in [0.25, 0.3) is 10.9 Å². The molecule has 0 saturated carbocycles. The molecule has 28 heavy (non-hydrogen) atoms. The fourth-order valence-electron chi connectivity index (χ4n) is 3.62. The van der Waals surface area contributed by atoms with Gasteiger partial charge >= 0.3 is 5.97 Å². The number of nitrogens with one attached hydrogen (secondary N) is 1. The molecule has 0 atom stereocenters. The summed E-state index contributed by atoms with van der Waals surface area (Å²) in [6, 6.07) is 11.8. The Kier molecular flexibility index (Phi) is 4.35. The summed E-state index contributed by atoms with van der Waals surface area (Å²) in [7, 11) is 1.35. The number of carbonyl (C=O) groups excluding carboxylic acids is 3. The predicted molar refractivity (Wildman–Crippen MR) is 103 cm³/mol. The maximum Gasteiger partial charge on any atom is 0.337 e. The smallest absolute Gasteiger partial charge is 0.337 e. The number of hydrogen-bond acceptors (Lipinski definition) is 4. The molecule has 0 radical (unpaired) electrons. The van der Waals surface area contributed by atoms with Gasteiger partial charge in [-0.1, -0.05) is 6.07 Å². The highest BCUT2D eigenvalue weighted by molar-refractivity contribution is 6.00. The molecule has 0 fully saturated rings. The number of amides is 2. The van der Waals surface area contributed by atoms with Crippen LogP contribution in [-0.4, -0.2) is 41.3 Å². The van der Waals surface area contributed by atoms with Gasteiger partial charge in [0, 0.05) is 52.8 Å². The van der Waals surface area contributed by atoms with Crippen molar-refractivity contribution in [3.8, 4) is 0 Å². The van der Waals surface area contributed by atoms with E-state index in [-0.39, 0.29) is 5.91 Å². The first-order chi connectivity index (χ1) is 13.5. The van der Waals surface area contributed by atoms with Gasteiger partial charge in [0.25, 0.3) is 5.91 Å². The van der Waals surface area contributed by atoms with E-state index in [2.05, 4.69) is 4.98 Å². The second kappa shape index (κ2) is 6.84. The first kappa shape index (κ1) is 17.8. The lowest BCUT2D eigenvalue weighted by Gasteiger charge is -2.27. The van der Waals surface area contributed by atoms with E-state index in [4.69, 9.17) is 10.5 Å². The van der Waals surface area contributed by atoms with E-state index in [1.807, 2.05) is 6.07 Å². The van der Waals surface area contributed by atoms with Gasteiger partial charge in [0.15, 0.2) is 0 Å². The second-order valence-corrected chi connectivity index (χ2v) is 6.76. The molecule has 1 aromatic heterocycles. The van der Waals surface area contributed by atoms with E-state index in [0.29, 0.717) is 36.2 Å². The molecule has 0 aliphatic carbocycles. The number of aromatic nitrogens is 1. The number of hydrogen-bond donors (Lipinski definition) is 2. The fraction of sp³-hybridized carbons (Fsp3) is 0.190. The van der Waals surface area contributed by atoms with E-state index in [0.717, 1.165) is 22.2 Å². The minimum Gasteiger partial charge on any atom is -0.465 e. The first-order valence-corrected chi connectivity index (χ1v) is 8.89. The molecule has 7 nitrogen and oxygen atoms in total. The van der Waals surface area contributed by atoms with Crippen molar-refractivity contribution in [2.24, 2.45) is 5.73 Å². The Morgan fingerprint density at radius 3 is 2.61 bits per heavy atom. The van der Waals surface area contributed by atoms with Crippen LogP contribution in [0.5, 0.6) is 0 Å². The highest BCUT2D eigenvalue weighted by atomic mass is 16.5. The van der Waals surface area contributed by atoms with Gasteiger partial charge in [0.1, 0.15) is 0 Å². The number of primary amides is 1. The molecule has 3 N–H and O–H groups in total. The molecule has 0 unspecified atom stereocenters. The summed E-state index contributed by atoms with van der Waals surface area (Å²) >= 11 is 0. The van der Waals surface area contributed by atoms with Crippen LogP contribution < -0.4 is 5.73 Å². The minimum atomic E-state index is -0.567. The number of ether oxygens (including phenoxy) is 1. The molecule has 3 aromatic rings. The van der Waals surface area contributed by atoms with Crippen LogP contribution in [0.3, 0.4) is 0 Å². The Labute approximate surface area is 161 Å². The lowest BCUT2D eigenvalue weighted by molar-refractivity contribution is 0.0600. The number of nitrogens with two attached hydrogens (primary N) is 1. The number of carbonyl (C=O) groups is 3. The minimum absolute atomic E-state index is 0.160. The fourth-order valence-corrected chi connectivity index (χ4v) is 3.62. The number of fused-ring (bicyclic) bond motifs is 3. The topological polar surface area (TPSA) is 105 Å². The van der Waals surface area contributed by atoms with Crippen LogP contribution in [0.1, 0.15) is 42.3 Å². The Morgan fingerprint density at radius 1 is 1.07 bits per heavy atom. The molecule has 142 valence electrons. The Morgan fingerprint density at radius 2 is 1.86 bits per heavy atom. The third-order valence-electron chi connectivity index (χ3n) is 5.08. The van der Waals surface area contributed by atoms with Gasteiger partial charge in [0.05, 0.1) is 12.7 Å². The van der Waals surface area contributed by atoms with Crippen LogP contribution in [0.2, 0.25) is 0 Å². The molecular formula is C21H19N3O4. The molecule has 2 aromatic carbocycles. The van der Waals surface area contributed by atoms with Gasteiger partial charge in [0.2, 0.25) is 5.91 Å². The van der Waals surface area contributed by atoms with Gasteiger partial charge < -0.3 is 20.4 Å². The molecule has 4 rings (SSSR count). The van der Waals surface area contributed by atoms with Crippen LogP contribution >= 0.6 is 0 Å². The number of methoxy groups -OCH3 is 1.